The molecule has 25 heavy (non-hydrogen) atoms. The van der Waals surface area contributed by atoms with Crippen molar-refractivity contribution in [2.45, 2.75) is 57.1 Å². The van der Waals surface area contributed by atoms with Crippen molar-refractivity contribution in [2.75, 3.05) is 26.9 Å². The van der Waals surface area contributed by atoms with Crippen LogP contribution in [0.1, 0.15) is 66.9 Å². The lowest BCUT2D eigenvalue weighted by molar-refractivity contribution is 0.0192. The topological polar surface area (TPSA) is 56.8 Å². The fourth-order valence-corrected chi connectivity index (χ4v) is 3.63. The van der Waals surface area contributed by atoms with Crippen molar-refractivity contribution in [1.82, 2.24) is 5.32 Å². The van der Waals surface area contributed by atoms with E-state index in [2.05, 4.69) is 5.32 Å². The molecule has 5 heteroatoms. The summed E-state index contributed by atoms with van der Waals surface area (Å²) in [5.74, 6) is 0.460. The number of carbonyl (C=O) groups is 1. The first kappa shape index (κ1) is 18.2. The van der Waals surface area contributed by atoms with Gasteiger partial charge in [-0.25, -0.2) is 4.79 Å². The predicted molar refractivity (Wildman–Crippen MR) is 96.1 cm³/mol. The molecule has 2 aliphatic heterocycles. The molecule has 0 radical (unpaired) electrons. The SMILES string of the molecule is COC(=O)c1ccc2c(c1)OCCCCCCCO[C@H]1CCN[C@H]2C1. The molecule has 0 saturated carbocycles. The van der Waals surface area contributed by atoms with Crippen LogP contribution in [0.25, 0.3) is 0 Å². The third kappa shape index (κ3) is 4.95. The Morgan fingerprint density at radius 2 is 1.96 bits per heavy atom. The minimum Gasteiger partial charge on any atom is -0.493 e. The minimum atomic E-state index is -0.330. The monoisotopic (exact) mass is 347 g/mol. The van der Waals surface area contributed by atoms with Gasteiger partial charge < -0.3 is 19.5 Å². The van der Waals surface area contributed by atoms with Crippen LogP contribution in [0.15, 0.2) is 18.2 Å². The lowest BCUT2D eigenvalue weighted by atomic mass is 9.93. The van der Waals surface area contributed by atoms with E-state index >= 15 is 0 Å². The molecule has 0 aliphatic carbocycles. The third-order valence-corrected chi connectivity index (χ3v) is 5.07. The van der Waals surface area contributed by atoms with Crippen LogP contribution in [-0.2, 0) is 9.47 Å². The number of ether oxygens (including phenoxy) is 3. The van der Waals surface area contributed by atoms with Crippen LogP contribution in [0.5, 0.6) is 5.75 Å². The van der Waals surface area contributed by atoms with Crippen molar-refractivity contribution >= 4 is 5.97 Å². The lowest BCUT2D eigenvalue weighted by Gasteiger charge is -2.32. The number of hydrogen-bond donors (Lipinski definition) is 1. The quantitative estimate of drug-likeness (QED) is 0.786. The highest BCUT2D eigenvalue weighted by atomic mass is 16.5. The van der Waals surface area contributed by atoms with E-state index in [0.717, 1.165) is 56.6 Å². The zero-order valence-electron chi connectivity index (χ0n) is 15.1. The van der Waals surface area contributed by atoms with Crippen molar-refractivity contribution in [3.8, 4) is 5.75 Å². The van der Waals surface area contributed by atoms with Gasteiger partial charge >= 0.3 is 5.97 Å². The summed E-state index contributed by atoms with van der Waals surface area (Å²) in [7, 11) is 1.40. The zero-order valence-corrected chi connectivity index (χ0v) is 15.1. The number of piperidine rings is 1. The average Bonchev–Trinajstić information content (AvgIpc) is 2.65. The number of carbonyl (C=O) groups excluding carboxylic acids is 1. The van der Waals surface area contributed by atoms with E-state index < -0.39 is 0 Å². The molecule has 0 unspecified atom stereocenters. The molecular weight excluding hydrogens is 318 g/mol. The predicted octanol–water partition coefficient (Wildman–Crippen LogP) is 3.63. The molecule has 138 valence electrons. The average molecular weight is 347 g/mol. The summed E-state index contributed by atoms with van der Waals surface area (Å²) >= 11 is 0. The fourth-order valence-electron chi connectivity index (χ4n) is 3.63. The molecule has 2 atom stereocenters. The second kappa shape index (κ2) is 9.20. The Bertz CT molecular complexity index is 575. The van der Waals surface area contributed by atoms with Gasteiger partial charge in [-0.2, -0.15) is 0 Å². The summed E-state index contributed by atoms with van der Waals surface area (Å²) in [5.41, 5.74) is 1.64. The molecule has 5 nitrogen and oxygen atoms in total. The summed E-state index contributed by atoms with van der Waals surface area (Å²) in [6.07, 6.45) is 8.06. The highest BCUT2D eigenvalue weighted by Crippen LogP contribution is 2.33. The molecule has 2 aliphatic rings. The van der Waals surface area contributed by atoms with E-state index in [1.54, 1.807) is 0 Å². The molecule has 2 bridgehead atoms. The Balaban J connectivity index is 1.83. The van der Waals surface area contributed by atoms with E-state index in [1.807, 2.05) is 18.2 Å². The van der Waals surface area contributed by atoms with Crippen LogP contribution in [0.4, 0.5) is 0 Å². The first-order valence-corrected chi connectivity index (χ1v) is 9.48. The Kier molecular flexibility index (Phi) is 6.70. The smallest absolute Gasteiger partial charge is 0.337 e. The normalized spacial score (nSPS) is 25.2. The largest absolute Gasteiger partial charge is 0.493 e. The van der Waals surface area contributed by atoms with Crippen LogP contribution in [0.2, 0.25) is 0 Å². The van der Waals surface area contributed by atoms with Gasteiger partial charge in [0, 0.05) is 18.2 Å². The second-order valence-electron chi connectivity index (χ2n) is 6.88. The van der Waals surface area contributed by atoms with Crippen molar-refractivity contribution < 1.29 is 19.0 Å². The number of methoxy groups -OCH3 is 1. The van der Waals surface area contributed by atoms with Crippen molar-refractivity contribution in [2.24, 2.45) is 0 Å². The first-order chi connectivity index (χ1) is 12.3. The Labute approximate surface area is 150 Å². The maximum atomic E-state index is 11.9. The number of benzene rings is 1. The molecule has 0 amide bonds. The fraction of sp³-hybridized carbons (Fsp3) is 0.650. The summed E-state index contributed by atoms with van der Waals surface area (Å²) in [6, 6.07) is 5.83. The van der Waals surface area contributed by atoms with E-state index in [0.29, 0.717) is 18.3 Å². The minimum absolute atomic E-state index is 0.198. The van der Waals surface area contributed by atoms with Crippen molar-refractivity contribution in [1.29, 1.82) is 0 Å². The summed E-state index contributed by atoms with van der Waals surface area (Å²) in [5, 5.41) is 3.57. The number of nitrogens with one attached hydrogen (secondary N) is 1. The van der Waals surface area contributed by atoms with E-state index in [-0.39, 0.29) is 12.0 Å². The molecule has 1 aromatic rings. The summed E-state index contributed by atoms with van der Waals surface area (Å²) in [6.45, 7) is 2.49. The highest BCUT2D eigenvalue weighted by Gasteiger charge is 2.26. The van der Waals surface area contributed by atoms with Crippen LogP contribution in [-0.4, -0.2) is 38.9 Å². The third-order valence-electron chi connectivity index (χ3n) is 5.07. The van der Waals surface area contributed by atoms with Crippen LogP contribution in [0, 0.1) is 0 Å². The van der Waals surface area contributed by atoms with E-state index in [9.17, 15) is 4.79 Å². The molecular formula is C20H29NO4. The lowest BCUT2D eigenvalue weighted by Crippen LogP contribution is -2.36. The van der Waals surface area contributed by atoms with Gasteiger partial charge in [-0.1, -0.05) is 25.3 Å². The van der Waals surface area contributed by atoms with E-state index in [1.165, 1.54) is 20.0 Å². The molecule has 0 spiro atoms. The Hall–Kier alpha value is -1.59. The van der Waals surface area contributed by atoms with Crippen LogP contribution >= 0.6 is 0 Å². The maximum absolute atomic E-state index is 11.9. The summed E-state index contributed by atoms with van der Waals surface area (Å²) < 4.78 is 17.0. The van der Waals surface area contributed by atoms with Gasteiger partial charge in [-0.3, -0.25) is 0 Å². The maximum Gasteiger partial charge on any atom is 0.337 e. The van der Waals surface area contributed by atoms with Gasteiger partial charge in [0.1, 0.15) is 5.75 Å². The number of fused-ring (bicyclic) bond motifs is 4. The first-order valence-electron chi connectivity index (χ1n) is 9.48. The summed E-state index contributed by atoms with van der Waals surface area (Å²) in [4.78, 5) is 11.9. The number of rotatable bonds is 1. The van der Waals surface area contributed by atoms with Gasteiger partial charge in [0.25, 0.3) is 0 Å². The molecule has 2 heterocycles. The van der Waals surface area contributed by atoms with Gasteiger partial charge in [-0.15, -0.1) is 0 Å². The zero-order chi connectivity index (χ0) is 17.5. The number of hydrogen-bond acceptors (Lipinski definition) is 5. The second-order valence-corrected chi connectivity index (χ2v) is 6.88. The van der Waals surface area contributed by atoms with Gasteiger partial charge in [0.2, 0.25) is 0 Å². The van der Waals surface area contributed by atoms with Gasteiger partial charge in [0.15, 0.2) is 0 Å². The van der Waals surface area contributed by atoms with Crippen LogP contribution < -0.4 is 10.1 Å². The van der Waals surface area contributed by atoms with Crippen molar-refractivity contribution in [3.63, 3.8) is 0 Å². The Morgan fingerprint density at radius 1 is 1.16 bits per heavy atom. The molecule has 1 N–H and O–H groups in total. The molecule has 1 fully saturated rings. The van der Waals surface area contributed by atoms with Crippen molar-refractivity contribution in [3.05, 3.63) is 29.3 Å². The van der Waals surface area contributed by atoms with Crippen LogP contribution in [0.3, 0.4) is 0 Å². The molecule has 3 rings (SSSR count). The highest BCUT2D eigenvalue weighted by molar-refractivity contribution is 5.90. The number of esters is 1. The van der Waals surface area contributed by atoms with Gasteiger partial charge in [-0.05, 0) is 44.4 Å². The van der Waals surface area contributed by atoms with Gasteiger partial charge in [0.05, 0.1) is 25.4 Å². The molecule has 1 saturated heterocycles. The van der Waals surface area contributed by atoms with E-state index in [4.69, 9.17) is 14.2 Å². The Morgan fingerprint density at radius 3 is 2.80 bits per heavy atom. The molecule has 0 aromatic heterocycles. The molecule has 1 aromatic carbocycles. The standard InChI is InChI=1S/C20H29NO4/c1-23-20(22)15-7-8-17-18-14-16(9-10-21-18)24-11-5-3-2-4-6-12-25-19(17)13-15/h7-8,13,16,18,21H,2-6,9-12,14H2,1H3/t16-,18-/m0/s1.